The lowest BCUT2D eigenvalue weighted by Crippen LogP contribution is -2.16. The maximum Gasteiger partial charge on any atom is 0.235 e. The maximum atomic E-state index is 12.5. The number of benzene rings is 1. The topological polar surface area (TPSA) is 110 Å². The lowest BCUT2D eigenvalue weighted by Gasteiger charge is -2.09. The van der Waals surface area contributed by atoms with Crippen molar-refractivity contribution in [3.8, 4) is 17.5 Å². The summed E-state index contributed by atoms with van der Waals surface area (Å²) in [4.78, 5) is 13.7. The molecular weight excluding hydrogens is 404 g/mol. The summed E-state index contributed by atoms with van der Waals surface area (Å²) in [5.74, 6) is 6.63. The number of nitriles is 1. The molecule has 0 unspecified atom stereocenters. The molecule has 0 radical (unpaired) electrons. The van der Waals surface area contributed by atoms with Gasteiger partial charge in [-0.1, -0.05) is 35.5 Å². The monoisotopic (exact) mass is 424 g/mol. The maximum absolute atomic E-state index is 12.5. The Labute approximate surface area is 176 Å². The van der Waals surface area contributed by atoms with Gasteiger partial charge in [0, 0.05) is 10.4 Å². The fraction of sp³-hybridized carbons (Fsp3) is 0.300. The van der Waals surface area contributed by atoms with Crippen molar-refractivity contribution in [3.63, 3.8) is 0 Å². The van der Waals surface area contributed by atoms with E-state index in [1.807, 2.05) is 31.2 Å². The smallest absolute Gasteiger partial charge is 0.235 e. The molecule has 0 saturated heterocycles. The summed E-state index contributed by atoms with van der Waals surface area (Å²) in [6.45, 7) is 2.00. The Hall–Kier alpha value is -2.83. The molecule has 0 bridgehead atoms. The summed E-state index contributed by atoms with van der Waals surface area (Å²) in [6, 6.07) is 10.1. The highest BCUT2D eigenvalue weighted by Gasteiger charge is 2.22. The molecular formula is C20H20N6OS2. The summed E-state index contributed by atoms with van der Waals surface area (Å²) < 4.78 is 1.40. The molecule has 148 valence electrons. The zero-order valence-corrected chi connectivity index (χ0v) is 17.6. The van der Waals surface area contributed by atoms with E-state index in [0.29, 0.717) is 21.5 Å². The van der Waals surface area contributed by atoms with E-state index >= 15 is 0 Å². The Balaban J connectivity index is 1.43. The second-order valence-electron chi connectivity index (χ2n) is 6.91. The number of aryl methyl sites for hydroxylation is 2. The highest BCUT2D eigenvalue weighted by atomic mass is 32.2. The number of thiophene rings is 1. The van der Waals surface area contributed by atoms with Crippen LogP contribution in [0.1, 0.15) is 34.4 Å². The van der Waals surface area contributed by atoms with Crippen LogP contribution in [0.5, 0.6) is 0 Å². The second-order valence-corrected chi connectivity index (χ2v) is 8.96. The zero-order valence-electron chi connectivity index (χ0n) is 15.9. The molecule has 1 aromatic carbocycles. The number of aromatic nitrogens is 3. The van der Waals surface area contributed by atoms with Crippen LogP contribution in [0.3, 0.4) is 0 Å². The average Bonchev–Trinajstić information content (AvgIpc) is 3.25. The standard InChI is InChI=1S/C20H20N6OS2/c1-12-5-4-6-13(9-12)18-24-25-20(26(18)22)28-11-17(27)23-19-15(10-21)14-7-2-3-8-16(14)29-19/h4-6,9H,2-3,7-8,11,22H2,1H3,(H,23,27). The van der Waals surface area contributed by atoms with Crippen LogP contribution in [-0.2, 0) is 17.6 Å². The predicted octanol–water partition coefficient (Wildman–Crippen LogP) is 3.51. The number of thioether (sulfide) groups is 1. The molecule has 1 aliphatic rings. The van der Waals surface area contributed by atoms with E-state index in [4.69, 9.17) is 5.84 Å². The molecule has 2 heterocycles. The number of rotatable bonds is 5. The van der Waals surface area contributed by atoms with Crippen molar-refractivity contribution in [1.82, 2.24) is 14.9 Å². The van der Waals surface area contributed by atoms with E-state index in [2.05, 4.69) is 21.6 Å². The molecule has 0 aliphatic heterocycles. The number of carbonyl (C=O) groups is 1. The molecule has 2 aromatic heterocycles. The van der Waals surface area contributed by atoms with Gasteiger partial charge in [-0.05, 0) is 44.2 Å². The van der Waals surface area contributed by atoms with Crippen LogP contribution < -0.4 is 11.2 Å². The first-order chi connectivity index (χ1) is 14.1. The van der Waals surface area contributed by atoms with Crippen molar-refractivity contribution in [3.05, 3.63) is 45.8 Å². The van der Waals surface area contributed by atoms with Gasteiger partial charge in [-0.2, -0.15) is 5.26 Å². The first-order valence-electron chi connectivity index (χ1n) is 9.31. The molecule has 3 N–H and O–H groups in total. The highest BCUT2D eigenvalue weighted by molar-refractivity contribution is 7.99. The predicted molar refractivity (Wildman–Crippen MR) is 115 cm³/mol. The molecule has 0 fully saturated rings. The number of nitrogens with one attached hydrogen (secondary N) is 1. The Morgan fingerprint density at radius 1 is 1.38 bits per heavy atom. The summed E-state index contributed by atoms with van der Waals surface area (Å²) in [5, 5.41) is 21.8. The molecule has 0 spiro atoms. The van der Waals surface area contributed by atoms with Gasteiger partial charge in [0.2, 0.25) is 11.1 Å². The van der Waals surface area contributed by atoms with Gasteiger partial charge in [0.1, 0.15) is 11.1 Å². The molecule has 1 aliphatic carbocycles. The second kappa shape index (κ2) is 8.27. The van der Waals surface area contributed by atoms with Crippen molar-refractivity contribution in [2.24, 2.45) is 0 Å². The summed E-state index contributed by atoms with van der Waals surface area (Å²) in [7, 11) is 0. The van der Waals surface area contributed by atoms with Crippen molar-refractivity contribution in [2.45, 2.75) is 37.8 Å². The molecule has 9 heteroatoms. The molecule has 1 amide bonds. The van der Waals surface area contributed by atoms with Crippen LogP contribution in [0.15, 0.2) is 29.4 Å². The highest BCUT2D eigenvalue weighted by Crippen LogP contribution is 2.37. The average molecular weight is 425 g/mol. The normalized spacial score (nSPS) is 13.0. The van der Waals surface area contributed by atoms with Crippen LogP contribution >= 0.6 is 23.1 Å². The molecule has 7 nitrogen and oxygen atoms in total. The van der Waals surface area contributed by atoms with E-state index < -0.39 is 0 Å². The van der Waals surface area contributed by atoms with Gasteiger partial charge in [-0.3, -0.25) is 4.79 Å². The summed E-state index contributed by atoms with van der Waals surface area (Å²) in [6.07, 6.45) is 4.13. The van der Waals surface area contributed by atoms with Gasteiger partial charge in [-0.25, -0.2) is 4.68 Å². The number of nitrogens with zero attached hydrogens (tertiary/aromatic N) is 4. The van der Waals surface area contributed by atoms with Crippen molar-refractivity contribution in [2.75, 3.05) is 16.9 Å². The van der Waals surface area contributed by atoms with E-state index in [-0.39, 0.29) is 11.7 Å². The molecule has 0 saturated carbocycles. The minimum absolute atomic E-state index is 0.136. The molecule has 0 atom stereocenters. The molecule has 4 rings (SSSR count). The number of hydrogen-bond acceptors (Lipinski definition) is 7. The Morgan fingerprint density at radius 3 is 3.00 bits per heavy atom. The lowest BCUT2D eigenvalue weighted by atomic mass is 9.96. The van der Waals surface area contributed by atoms with Gasteiger partial charge in [0.05, 0.1) is 11.3 Å². The van der Waals surface area contributed by atoms with Crippen molar-refractivity contribution < 1.29 is 4.79 Å². The van der Waals surface area contributed by atoms with Gasteiger partial charge < -0.3 is 11.2 Å². The Morgan fingerprint density at radius 2 is 2.21 bits per heavy atom. The first kappa shape index (κ1) is 19.5. The zero-order chi connectivity index (χ0) is 20.4. The summed E-state index contributed by atoms with van der Waals surface area (Å²) in [5.41, 5.74) is 3.70. The number of amides is 1. The quantitative estimate of drug-likeness (QED) is 0.479. The van der Waals surface area contributed by atoms with Crippen molar-refractivity contribution >= 4 is 34.0 Å². The fourth-order valence-corrected chi connectivity index (χ4v) is 5.33. The third kappa shape index (κ3) is 3.99. The van der Waals surface area contributed by atoms with E-state index in [1.54, 1.807) is 0 Å². The summed E-state index contributed by atoms with van der Waals surface area (Å²) >= 11 is 2.74. The molecule has 3 aromatic rings. The minimum atomic E-state index is -0.190. The van der Waals surface area contributed by atoms with Crippen LogP contribution in [0.25, 0.3) is 11.4 Å². The number of nitrogens with two attached hydrogens (primary N) is 1. The van der Waals surface area contributed by atoms with Gasteiger partial charge in [-0.15, -0.1) is 21.5 Å². The SMILES string of the molecule is Cc1cccc(-c2nnc(SCC(=O)Nc3sc4c(c3C#N)CCCC4)n2N)c1. The van der Waals surface area contributed by atoms with Gasteiger partial charge in [0.15, 0.2) is 5.82 Å². The number of hydrogen-bond donors (Lipinski definition) is 2. The van der Waals surface area contributed by atoms with E-state index in [9.17, 15) is 10.1 Å². The number of carbonyl (C=O) groups excluding carboxylic acids is 1. The van der Waals surface area contributed by atoms with Crippen LogP contribution in [0.4, 0.5) is 5.00 Å². The van der Waals surface area contributed by atoms with Gasteiger partial charge in [0.25, 0.3) is 0 Å². The van der Waals surface area contributed by atoms with Crippen molar-refractivity contribution in [1.29, 1.82) is 5.26 Å². The third-order valence-electron chi connectivity index (χ3n) is 4.81. The fourth-order valence-electron chi connectivity index (χ4n) is 3.42. The lowest BCUT2D eigenvalue weighted by molar-refractivity contribution is -0.113. The first-order valence-corrected chi connectivity index (χ1v) is 11.1. The Bertz CT molecular complexity index is 1110. The van der Waals surface area contributed by atoms with E-state index in [1.165, 1.54) is 32.7 Å². The van der Waals surface area contributed by atoms with Crippen LogP contribution in [0, 0.1) is 18.3 Å². The Kier molecular flexibility index (Phi) is 5.56. The number of anilines is 1. The van der Waals surface area contributed by atoms with Crippen LogP contribution in [-0.4, -0.2) is 26.5 Å². The van der Waals surface area contributed by atoms with E-state index in [0.717, 1.165) is 42.4 Å². The van der Waals surface area contributed by atoms with Gasteiger partial charge >= 0.3 is 0 Å². The number of fused-ring (bicyclic) bond motifs is 1. The number of nitrogen functional groups attached to an aromatic ring is 1. The minimum Gasteiger partial charge on any atom is -0.335 e. The van der Waals surface area contributed by atoms with Crippen LogP contribution in [0.2, 0.25) is 0 Å². The molecule has 29 heavy (non-hydrogen) atoms. The largest absolute Gasteiger partial charge is 0.335 e. The third-order valence-corrected chi connectivity index (χ3v) is 6.96.